The Morgan fingerprint density at radius 2 is 1.21 bits per heavy atom. The smallest absolute Gasteiger partial charge is 0.0766 e. The van der Waals surface area contributed by atoms with Crippen LogP contribution in [0.1, 0.15) is 37.2 Å². The Hall–Kier alpha value is -0.280. The number of aliphatic hydroxyl groups is 2. The van der Waals surface area contributed by atoms with Gasteiger partial charge in [0.25, 0.3) is 0 Å². The lowest BCUT2D eigenvalue weighted by Gasteiger charge is -2.15. The number of aliphatic hydroxyl groups excluding tert-OH is 2. The first-order valence-electron chi connectivity index (χ1n) is 4.28. The van der Waals surface area contributed by atoms with Crippen molar-refractivity contribution >= 4 is 23.2 Å². The average Bonchev–Trinajstić information content (AvgIpc) is 2.08. The van der Waals surface area contributed by atoms with E-state index in [2.05, 4.69) is 0 Å². The highest BCUT2D eigenvalue weighted by molar-refractivity contribution is 6.42. The van der Waals surface area contributed by atoms with Crippen LogP contribution in [0.5, 0.6) is 0 Å². The molecular formula is C10H12Cl2O2. The van der Waals surface area contributed by atoms with Crippen LogP contribution < -0.4 is 0 Å². The van der Waals surface area contributed by atoms with Crippen LogP contribution in [0.25, 0.3) is 0 Å². The number of rotatable bonds is 2. The summed E-state index contributed by atoms with van der Waals surface area (Å²) in [6, 6.07) is 3.16. The van der Waals surface area contributed by atoms with Crippen LogP contribution in [-0.4, -0.2) is 10.2 Å². The number of benzene rings is 1. The van der Waals surface area contributed by atoms with Crippen LogP contribution >= 0.6 is 23.2 Å². The first-order valence-corrected chi connectivity index (χ1v) is 5.04. The molecule has 0 saturated carbocycles. The molecule has 0 saturated heterocycles. The van der Waals surface area contributed by atoms with Gasteiger partial charge in [0.1, 0.15) is 0 Å². The molecule has 0 spiro atoms. The molecule has 1 rings (SSSR count). The zero-order valence-electron chi connectivity index (χ0n) is 7.96. The summed E-state index contributed by atoms with van der Waals surface area (Å²) in [6.45, 7) is 3.23. The summed E-state index contributed by atoms with van der Waals surface area (Å²) in [5, 5.41) is 19.7. The third kappa shape index (κ3) is 2.39. The van der Waals surface area contributed by atoms with Gasteiger partial charge >= 0.3 is 0 Å². The van der Waals surface area contributed by atoms with Crippen molar-refractivity contribution in [2.75, 3.05) is 0 Å². The molecule has 1 aromatic carbocycles. The SMILES string of the molecule is CC(O)c1cc(Cl)c(Cl)cc1C(C)O. The molecule has 0 aliphatic carbocycles. The van der Waals surface area contributed by atoms with Crippen molar-refractivity contribution in [3.8, 4) is 0 Å². The minimum absolute atomic E-state index is 0.381. The van der Waals surface area contributed by atoms with Crippen molar-refractivity contribution < 1.29 is 10.2 Å². The van der Waals surface area contributed by atoms with E-state index in [1.807, 2.05) is 0 Å². The van der Waals surface area contributed by atoms with Crippen LogP contribution in [0, 0.1) is 0 Å². The zero-order valence-corrected chi connectivity index (χ0v) is 9.47. The topological polar surface area (TPSA) is 40.5 Å². The van der Waals surface area contributed by atoms with E-state index in [1.54, 1.807) is 26.0 Å². The van der Waals surface area contributed by atoms with E-state index < -0.39 is 12.2 Å². The maximum absolute atomic E-state index is 9.46. The lowest BCUT2D eigenvalue weighted by molar-refractivity contribution is 0.175. The van der Waals surface area contributed by atoms with Crippen LogP contribution in [0.4, 0.5) is 0 Å². The summed E-state index contributed by atoms with van der Waals surface area (Å²) in [5.74, 6) is 0. The average molecular weight is 235 g/mol. The van der Waals surface area contributed by atoms with Gasteiger partial charge in [-0.15, -0.1) is 0 Å². The summed E-state index contributed by atoms with van der Waals surface area (Å²) in [7, 11) is 0. The van der Waals surface area contributed by atoms with E-state index in [4.69, 9.17) is 23.2 Å². The standard InChI is InChI=1S/C10H12Cl2O2/c1-5(13)7-3-9(11)10(12)4-8(7)6(2)14/h3-6,13-14H,1-2H3. The molecule has 2 nitrogen and oxygen atoms in total. The Labute approximate surface area is 93.1 Å². The summed E-state index contributed by atoms with van der Waals surface area (Å²) in [6.07, 6.45) is -1.34. The highest BCUT2D eigenvalue weighted by Gasteiger charge is 2.14. The Bertz CT molecular complexity index is 302. The van der Waals surface area contributed by atoms with Crippen molar-refractivity contribution in [3.63, 3.8) is 0 Å². The molecule has 0 fully saturated rings. The van der Waals surface area contributed by atoms with Crippen LogP contribution in [0.3, 0.4) is 0 Å². The molecule has 2 N–H and O–H groups in total. The van der Waals surface area contributed by atoms with Crippen molar-refractivity contribution in [3.05, 3.63) is 33.3 Å². The summed E-state index contributed by atoms with van der Waals surface area (Å²) in [4.78, 5) is 0. The number of hydrogen-bond donors (Lipinski definition) is 2. The van der Waals surface area contributed by atoms with Crippen molar-refractivity contribution in [1.82, 2.24) is 0 Å². The van der Waals surface area contributed by atoms with Gasteiger partial charge in [-0.25, -0.2) is 0 Å². The fourth-order valence-corrected chi connectivity index (χ4v) is 1.65. The van der Waals surface area contributed by atoms with Gasteiger partial charge < -0.3 is 10.2 Å². The van der Waals surface area contributed by atoms with E-state index in [9.17, 15) is 10.2 Å². The molecule has 4 heteroatoms. The summed E-state index contributed by atoms with van der Waals surface area (Å²) in [5.41, 5.74) is 1.21. The molecule has 0 aliphatic heterocycles. The number of halogens is 2. The molecule has 0 radical (unpaired) electrons. The fraction of sp³-hybridized carbons (Fsp3) is 0.400. The van der Waals surface area contributed by atoms with Gasteiger partial charge in [-0.05, 0) is 37.1 Å². The lowest BCUT2D eigenvalue weighted by atomic mass is 10.00. The fourth-order valence-electron chi connectivity index (χ4n) is 1.30. The molecule has 0 heterocycles. The van der Waals surface area contributed by atoms with Gasteiger partial charge in [0.2, 0.25) is 0 Å². The molecular weight excluding hydrogens is 223 g/mol. The molecule has 0 bridgehead atoms. The first kappa shape index (κ1) is 11.8. The van der Waals surface area contributed by atoms with E-state index in [1.165, 1.54) is 0 Å². The largest absolute Gasteiger partial charge is 0.389 e. The highest BCUT2D eigenvalue weighted by Crippen LogP contribution is 2.32. The van der Waals surface area contributed by atoms with Gasteiger partial charge in [0.15, 0.2) is 0 Å². The zero-order chi connectivity index (χ0) is 10.9. The van der Waals surface area contributed by atoms with Gasteiger partial charge in [-0.2, -0.15) is 0 Å². The second-order valence-corrected chi connectivity index (χ2v) is 4.06. The predicted molar refractivity (Wildman–Crippen MR) is 57.7 cm³/mol. The lowest BCUT2D eigenvalue weighted by Crippen LogP contribution is -2.02. The molecule has 2 atom stereocenters. The summed E-state index contributed by atoms with van der Waals surface area (Å²) < 4.78 is 0. The van der Waals surface area contributed by atoms with Gasteiger partial charge in [0, 0.05) is 0 Å². The van der Waals surface area contributed by atoms with Crippen molar-refractivity contribution in [2.45, 2.75) is 26.1 Å². The maximum atomic E-state index is 9.46. The van der Waals surface area contributed by atoms with Crippen LogP contribution in [0.2, 0.25) is 10.0 Å². The van der Waals surface area contributed by atoms with Crippen LogP contribution in [0.15, 0.2) is 12.1 Å². The molecule has 14 heavy (non-hydrogen) atoms. The maximum Gasteiger partial charge on any atom is 0.0766 e. The Morgan fingerprint density at radius 1 is 0.929 bits per heavy atom. The number of hydrogen-bond acceptors (Lipinski definition) is 2. The third-order valence-electron chi connectivity index (χ3n) is 2.03. The highest BCUT2D eigenvalue weighted by atomic mass is 35.5. The molecule has 78 valence electrons. The van der Waals surface area contributed by atoms with Crippen molar-refractivity contribution in [2.24, 2.45) is 0 Å². The van der Waals surface area contributed by atoms with Gasteiger partial charge in [0.05, 0.1) is 22.3 Å². The van der Waals surface area contributed by atoms with Gasteiger partial charge in [-0.1, -0.05) is 23.2 Å². The second-order valence-electron chi connectivity index (χ2n) is 3.25. The quantitative estimate of drug-likeness (QED) is 0.826. The molecule has 2 unspecified atom stereocenters. The van der Waals surface area contributed by atoms with E-state index in [-0.39, 0.29) is 0 Å². The van der Waals surface area contributed by atoms with Crippen LogP contribution in [-0.2, 0) is 0 Å². The molecule has 0 aromatic heterocycles. The minimum atomic E-state index is -0.672. The summed E-state index contributed by atoms with van der Waals surface area (Å²) >= 11 is 11.6. The Morgan fingerprint density at radius 3 is 1.43 bits per heavy atom. The normalized spacial score (nSPS) is 15.3. The van der Waals surface area contributed by atoms with E-state index in [0.717, 1.165) is 0 Å². The second kappa shape index (κ2) is 4.49. The molecule has 1 aromatic rings. The first-order chi connectivity index (χ1) is 6.43. The molecule has 0 amide bonds. The monoisotopic (exact) mass is 234 g/mol. The Balaban J connectivity index is 3.31. The third-order valence-corrected chi connectivity index (χ3v) is 2.75. The predicted octanol–water partition coefficient (Wildman–Crippen LogP) is 3.10. The van der Waals surface area contributed by atoms with E-state index >= 15 is 0 Å². The molecule has 0 aliphatic rings. The Kier molecular flexibility index (Phi) is 3.78. The van der Waals surface area contributed by atoms with Crippen molar-refractivity contribution in [1.29, 1.82) is 0 Å². The minimum Gasteiger partial charge on any atom is -0.389 e. The van der Waals surface area contributed by atoms with E-state index in [0.29, 0.717) is 21.2 Å². The van der Waals surface area contributed by atoms with Gasteiger partial charge in [-0.3, -0.25) is 0 Å².